The fraction of sp³-hybridized carbons (Fsp3) is 0.417. The molecule has 0 spiro atoms. The Morgan fingerprint density at radius 2 is 1.81 bits per heavy atom. The van der Waals surface area contributed by atoms with Crippen LogP contribution in [0.1, 0.15) is 29.3 Å². The molecule has 0 amide bonds. The molecule has 0 aliphatic carbocycles. The molecule has 0 heterocycles. The van der Waals surface area contributed by atoms with Crippen LogP contribution in [0.25, 0.3) is 0 Å². The molecule has 0 radical (unpaired) electrons. The summed E-state index contributed by atoms with van der Waals surface area (Å²) in [6, 6.07) is 6.75. The van der Waals surface area contributed by atoms with E-state index in [0.29, 0.717) is 12.0 Å². The van der Waals surface area contributed by atoms with E-state index in [9.17, 15) is 4.79 Å². The van der Waals surface area contributed by atoms with Gasteiger partial charge in [-0.15, -0.1) is 0 Å². The van der Waals surface area contributed by atoms with Gasteiger partial charge >= 0.3 is 5.97 Å². The van der Waals surface area contributed by atoms with Gasteiger partial charge in [0.1, 0.15) is 0 Å². The van der Waals surface area contributed by atoms with E-state index < -0.39 is 12.1 Å². The first kappa shape index (κ1) is 14.6. The lowest BCUT2D eigenvalue weighted by molar-refractivity contribution is 0.0697. The number of rotatable bonds is 3. The van der Waals surface area contributed by atoms with Crippen molar-refractivity contribution >= 4 is 5.97 Å². The van der Waals surface area contributed by atoms with Crippen molar-refractivity contribution in [3.8, 4) is 0 Å². The lowest BCUT2D eigenvalue weighted by Gasteiger charge is -1.97. The van der Waals surface area contributed by atoms with E-state index in [1.54, 1.807) is 24.3 Å². The maximum Gasteiger partial charge on any atom is 0.335 e. The number of benzene rings is 1. The third-order valence-electron chi connectivity index (χ3n) is 1.98. The van der Waals surface area contributed by atoms with Crippen molar-refractivity contribution in [2.24, 2.45) is 0 Å². The standard InChI is InChI=1S/C8H8O2.C4H10O2/c1-6-2-4-7(5-3-6)8(9)10;1-2-4(6)3-5/h2-5H,1H3,(H,9,10);4-6H,2-3H2,1H3. The van der Waals surface area contributed by atoms with Gasteiger partial charge in [-0.25, -0.2) is 4.79 Å². The Kier molecular flexibility index (Phi) is 7.16. The number of hydrogen-bond acceptors (Lipinski definition) is 3. The fourth-order valence-electron chi connectivity index (χ4n) is 0.825. The van der Waals surface area contributed by atoms with Gasteiger partial charge < -0.3 is 15.3 Å². The predicted molar refractivity (Wildman–Crippen MR) is 61.5 cm³/mol. The fourth-order valence-corrected chi connectivity index (χ4v) is 0.825. The Morgan fingerprint density at radius 1 is 1.31 bits per heavy atom. The lowest BCUT2D eigenvalue weighted by atomic mass is 10.2. The van der Waals surface area contributed by atoms with Crippen molar-refractivity contribution in [3.05, 3.63) is 35.4 Å². The third-order valence-corrected chi connectivity index (χ3v) is 1.98. The second-order valence-corrected chi connectivity index (χ2v) is 3.42. The van der Waals surface area contributed by atoms with Crippen molar-refractivity contribution in [1.29, 1.82) is 0 Å². The third kappa shape index (κ3) is 6.16. The predicted octanol–water partition coefficient (Wildman–Crippen LogP) is 1.44. The summed E-state index contributed by atoms with van der Waals surface area (Å²) in [4.78, 5) is 10.3. The van der Waals surface area contributed by atoms with Crippen molar-refractivity contribution in [2.45, 2.75) is 26.4 Å². The van der Waals surface area contributed by atoms with Gasteiger partial charge in [0.25, 0.3) is 0 Å². The molecule has 3 N–H and O–H groups in total. The van der Waals surface area contributed by atoms with Crippen LogP contribution >= 0.6 is 0 Å². The number of aromatic carboxylic acids is 1. The molecule has 4 nitrogen and oxygen atoms in total. The highest BCUT2D eigenvalue weighted by molar-refractivity contribution is 5.87. The monoisotopic (exact) mass is 226 g/mol. The molecule has 0 bridgehead atoms. The average molecular weight is 226 g/mol. The quantitative estimate of drug-likeness (QED) is 0.728. The van der Waals surface area contributed by atoms with E-state index in [1.807, 2.05) is 13.8 Å². The van der Waals surface area contributed by atoms with Crippen molar-refractivity contribution < 1.29 is 20.1 Å². The van der Waals surface area contributed by atoms with Crippen LogP contribution in [-0.4, -0.2) is 34.0 Å². The molecule has 1 aromatic rings. The molecule has 0 aliphatic rings. The van der Waals surface area contributed by atoms with E-state index in [2.05, 4.69) is 0 Å². The van der Waals surface area contributed by atoms with Crippen molar-refractivity contribution in [2.75, 3.05) is 6.61 Å². The first-order valence-electron chi connectivity index (χ1n) is 5.10. The van der Waals surface area contributed by atoms with Gasteiger partial charge in [-0.1, -0.05) is 24.6 Å². The van der Waals surface area contributed by atoms with E-state index in [-0.39, 0.29) is 6.61 Å². The lowest BCUT2D eigenvalue weighted by Crippen LogP contribution is -2.08. The summed E-state index contributed by atoms with van der Waals surface area (Å²) in [5.41, 5.74) is 1.41. The molecule has 0 aliphatic heterocycles. The first-order valence-corrected chi connectivity index (χ1v) is 5.10. The van der Waals surface area contributed by atoms with Gasteiger partial charge in [0.15, 0.2) is 0 Å². The Balaban J connectivity index is 0.000000325. The van der Waals surface area contributed by atoms with Gasteiger partial charge in [-0.05, 0) is 25.5 Å². The minimum Gasteiger partial charge on any atom is -0.478 e. The summed E-state index contributed by atoms with van der Waals surface area (Å²) in [6.45, 7) is 3.63. The molecule has 4 heteroatoms. The Labute approximate surface area is 95.2 Å². The Morgan fingerprint density at radius 3 is 2.06 bits per heavy atom. The molecule has 0 saturated carbocycles. The number of hydrogen-bond donors (Lipinski definition) is 3. The summed E-state index contributed by atoms with van der Waals surface area (Å²) < 4.78 is 0. The van der Waals surface area contributed by atoms with E-state index in [0.717, 1.165) is 5.56 Å². The molecule has 1 rings (SSSR count). The van der Waals surface area contributed by atoms with Crippen molar-refractivity contribution in [1.82, 2.24) is 0 Å². The zero-order valence-corrected chi connectivity index (χ0v) is 9.55. The highest BCUT2D eigenvalue weighted by Crippen LogP contribution is 2.01. The van der Waals surface area contributed by atoms with Crippen LogP contribution in [0.5, 0.6) is 0 Å². The average Bonchev–Trinajstić information content (AvgIpc) is 2.29. The molecule has 90 valence electrons. The topological polar surface area (TPSA) is 77.8 Å². The number of aryl methyl sites for hydroxylation is 1. The summed E-state index contributed by atoms with van der Waals surface area (Å²) in [5.74, 6) is -0.875. The zero-order chi connectivity index (χ0) is 12.6. The molecule has 0 aromatic heterocycles. The largest absolute Gasteiger partial charge is 0.478 e. The molecule has 1 unspecified atom stereocenters. The Bertz CT molecular complexity index is 301. The summed E-state index contributed by atoms with van der Waals surface area (Å²) in [7, 11) is 0. The molecule has 16 heavy (non-hydrogen) atoms. The molecule has 1 atom stereocenters. The maximum absolute atomic E-state index is 10.3. The second kappa shape index (κ2) is 7.84. The van der Waals surface area contributed by atoms with Crippen LogP contribution in [0, 0.1) is 6.92 Å². The summed E-state index contributed by atoms with van der Waals surface area (Å²) >= 11 is 0. The van der Waals surface area contributed by atoms with Crippen LogP contribution in [0.4, 0.5) is 0 Å². The normalized spacial score (nSPS) is 11.2. The number of aliphatic hydroxyl groups is 2. The number of aliphatic hydroxyl groups excluding tert-OH is 2. The number of carboxylic acid groups (broad SMARTS) is 1. The molecule has 0 fully saturated rings. The van der Waals surface area contributed by atoms with Gasteiger partial charge in [0.05, 0.1) is 18.3 Å². The molecule has 1 aromatic carbocycles. The molecular weight excluding hydrogens is 208 g/mol. The van der Waals surface area contributed by atoms with Crippen molar-refractivity contribution in [3.63, 3.8) is 0 Å². The SMILES string of the molecule is CCC(O)CO.Cc1ccc(C(=O)O)cc1. The van der Waals surface area contributed by atoms with Crippen LogP contribution in [-0.2, 0) is 0 Å². The summed E-state index contributed by atoms with van der Waals surface area (Å²) in [6.07, 6.45) is 0.126. The minimum atomic E-state index is -0.875. The number of carboxylic acids is 1. The van der Waals surface area contributed by atoms with Gasteiger partial charge in [-0.3, -0.25) is 0 Å². The van der Waals surface area contributed by atoms with Gasteiger partial charge in [0, 0.05) is 0 Å². The smallest absolute Gasteiger partial charge is 0.335 e. The van der Waals surface area contributed by atoms with E-state index in [4.69, 9.17) is 15.3 Å². The maximum atomic E-state index is 10.3. The van der Waals surface area contributed by atoms with Crippen LogP contribution < -0.4 is 0 Å². The van der Waals surface area contributed by atoms with Gasteiger partial charge in [0.2, 0.25) is 0 Å². The minimum absolute atomic E-state index is 0.115. The Hall–Kier alpha value is -1.39. The van der Waals surface area contributed by atoms with Crippen LogP contribution in [0.15, 0.2) is 24.3 Å². The first-order chi connectivity index (χ1) is 7.51. The van der Waals surface area contributed by atoms with Gasteiger partial charge in [-0.2, -0.15) is 0 Å². The summed E-state index contributed by atoms with van der Waals surface area (Å²) in [5, 5.41) is 25.0. The van der Waals surface area contributed by atoms with Crippen LogP contribution in [0.3, 0.4) is 0 Å². The highest BCUT2D eigenvalue weighted by Gasteiger charge is 1.98. The number of carbonyl (C=O) groups is 1. The highest BCUT2D eigenvalue weighted by atomic mass is 16.4. The van der Waals surface area contributed by atoms with E-state index >= 15 is 0 Å². The molecule has 0 saturated heterocycles. The van der Waals surface area contributed by atoms with E-state index in [1.165, 1.54) is 0 Å². The second-order valence-electron chi connectivity index (χ2n) is 3.42. The van der Waals surface area contributed by atoms with Crippen LogP contribution in [0.2, 0.25) is 0 Å². The molecular formula is C12H18O4. The zero-order valence-electron chi connectivity index (χ0n) is 9.55.